The molecule has 1 aromatic rings. The Morgan fingerprint density at radius 3 is 3.14 bits per heavy atom. The van der Waals surface area contributed by atoms with E-state index in [1.807, 2.05) is 0 Å². The Balaban J connectivity index is 3.59. The molecular formula is C12H17NO. The summed E-state index contributed by atoms with van der Waals surface area (Å²) < 4.78 is 58.8. The molecule has 2 N–H and O–H groups in total. The lowest BCUT2D eigenvalue weighted by molar-refractivity contribution is 0.410. The topological polar surface area (TPSA) is 35.2 Å². The predicted octanol–water partition coefficient (Wildman–Crippen LogP) is 1.92. The summed E-state index contributed by atoms with van der Waals surface area (Å²) in [4.78, 5) is 0. The summed E-state index contributed by atoms with van der Waals surface area (Å²) in [5, 5.41) is 0. The van der Waals surface area contributed by atoms with Crippen LogP contribution in [0.2, 0.25) is 0 Å². The van der Waals surface area contributed by atoms with Crippen molar-refractivity contribution in [2.75, 3.05) is 13.6 Å². The third kappa shape index (κ3) is 2.60. The molecule has 0 aliphatic carbocycles. The molecule has 1 rings (SSSR count). The number of ether oxygens (including phenoxy) is 1. The molecule has 0 fully saturated rings. The van der Waals surface area contributed by atoms with Gasteiger partial charge in [-0.05, 0) is 36.4 Å². The second-order valence-corrected chi connectivity index (χ2v) is 2.45. The molecule has 0 heterocycles. The molecule has 1 aromatic carbocycles. The van der Waals surface area contributed by atoms with Gasteiger partial charge in [-0.15, -0.1) is 6.58 Å². The minimum absolute atomic E-state index is 0.000903. The van der Waals surface area contributed by atoms with E-state index < -0.39 is 19.2 Å². The van der Waals surface area contributed by atoms with Crippen molar-refractivity contribution in [3.8, 4) is 5.75 Å². The number of nitrogens with two attached hydrogens (primary N) is 1. The molecule has 0 aromatic heterocycles. The van der Waals surface area contributed by atoms with E-state index in [4.69, 9.17) is 20.1 Å². The van der Waals surface area contributed by atoms with Crippen molar-refractivity contribution in [1.29, 1.82) is 0 Å². The molecule has 0 unspecified atom stereocenters. The highest BCUT2D eigenvalue weighted by Gasteiger charge is 2.02. The molecule has 14 heavy (non-hydrogen) atoms. The molecule has 0 atom stereocenters. The second-order valence-electron chi connectivity index (χ2n) is 2.45. The van der Waals surface area contributed by atoms with Gasteiger partial charge in [0.15, 0.2) is 0 Å². The summed E-state index contributed by atoms with van der Waals surface area (Å²) in [5.74, 6) is -0.000903. The first-order chi connectivity index (χ1) is 9.38. The van der Waals surface area contributed by atoms with Crippen LogP contribution in [0, 0.1) is 0 Å². The number of hydrogen-bond acceptors (Lipinski definition) is 2. The van der Waals surface area contributed by atoms with Crippen molar-refractivity contribution in [2.45, 2.75) is 12.7 Å². The Labute approximate surface area is 95.2 Å². The Hall–Kier alpha value is -1.28. The zero-order valence-electron chi connectivity index (χ0n) is 14.9. The van der Waals surface area contributed by atoms with Gasteiger partial charge in [0, 0.05) is 8.22 Å². The minimum atomic E-state index is -2.70. The summed E-state index contributed by atoms with van der Waals surface area (Å²) in [6, 6.07) is 1.83. The first-order valence-electron chi connectivity index (χ1n) is 7.50. The fourth-order valence-electron chi connectivity index (χ4n) is 1.01. The summed E-state index contributed by atoms with van der Waals surface area (Å²) in [6.45, 7) is 0.677. The van der Waals surface area contributed by atoms with Crippen molar-refractivity contribution >= 4 is 0 Å². The molecule has 0 spiro atoms. The molecule has 0 saturated carbocycles. The van der Waals surface area contributed by atoms with Crippen LogP contribution in [-0.2, 0) is 12.7 Å². The number of benzene rings is 1. The van der Waals surface area contributed by atoms with E-state index in [-0.39, 0.29) is 22.9 Å². The largest absolute Gasteiger partial charge is 0.496 e. The van der Waals surface area contributed by atoms with E-state index in [0.717, 1.165) is 18.2 Å². The van der Waals surface area contributed by atoms with Crippen molar-refractivity contribution in [3.63, 3.8) is 0 Å². The van der Waals surface area contributed by atoms with E-state index >= 15 is 0 Å². The molecule has 0 bridgehead atoms. The van der Waals surface area contributed by atoms with Gasteiger partial charge in [0.25, 0.3) is 0 Å². The normalized spacial score (nSPS) is 20.3. The average molecular weight is 198 g/mol. The van der Waals surface area contributed by atoms with Gasteiger partial charge in [-0.1, -0.05) is 18.2 Å². The van der Waals surface area contributed by atoms with Gasteiger partial charge in [-0.25, -0.2) is 0 Å². The van der Waals surface area contributed by atoms with E-state index in [2.05, 4.69) is 6.58 Å². The van der Waals surface area contributed by atoms with Gasteiger partial charge in [0.1, 0.15) is 5.75 Å². The van der Waals surface area contributed by atoms with Gasteiger partial charge in [-0.2, -0.15) is 0 Å². The molecule has 0 aliphatic rings. The van der Waals surface area contributed by atoms with Crippen molar-refractivity contribution in [3.05, 3.63) is 42.0 Å². The Morgan fingerprint density at radius 1 is 1.79 bits per heavy atom. The average Bonchev–Trinajstić information content (AvgIpc) is 2.36. The molecule has 0 radical (unpaired) electrons. The van der Waals surface area contributed by atoms with Crippen LogP contribution >= 0.6 is 0 Å². The Kier molecular flexibility index (Phi) is 1.75. The first-order valence-corrected chi connectivity index (χ1v) is 4.00. The van der Waals surface area contributed by atoms with Crippen LogP contribution in [0.15, 0.2) is 30.8 Å². The number of allylic oxidation sites excluding steroid dienone is 1. The summed E-state index contributed by atoms with van der Waals surface area (Å²) in [6.07, 6.45) is -3.55. The number of methoxy groups -OCH3 is 1. The van der Waals surface area contributed by atoms with Crippen molar-refractivity contribution in [1.82, 2.24) is 0 Å². The lowest BCUT2D eigenvalue weighted by Gasteiger charge is -2.08. The van der Waals surface area contributed by atoms with Crippen LogP contribution in [0.1, 0.15) is 20.7 Å². The monoisotopic (exact) mass is 198 g/mol. The SMILES string of the molecule is [2H]c1cc(C([2H])([2H])C=C)c(OC)cc1C([2H])([2H])C([2H])([2H])N. The Bertz CT molecular complexity index is 551. The standard InChI is InChI=1S/C12H17NO/c1-3-4-11-6-5-10(7-8-13)9-12(11)14-2/h3,5-6,9H,1,4,7-8,13H2,2H3/i4D2,5D,7D2,8D2. The molecule has 0 amide bonds. The Morgan fingerprint density at radius 2 is 2.57 bits per heavy atom. The quantitative estimate of drug-likeness (QED) is 0.734. The van der Waals surface area contributed by atoms with E-state index in [1.54, 1.807) is 0 Å². The number of hydrogen-bond donors (Lipinski definition) is 1. The maximum atomic E-state index is 7.86. The zero-order valence-corrected chi connectivity index (χ0v) is 7.92. The molecule has 2 heteroatoms. The van der Waals surface area contributed by atoms with E-state index in [0.29, 0.717) is 0 Å². The molecule has 0 saturated heterocycles. The predicted molar refractivity (Wildman–Crippen MR) is 59.7 cm³/mol. The third-order valence-corrected chi connectivity index (χ3v) is 1.60. The highest BCUT2D eigenvalue weighted by molar-refractivity contribution is 5.38. The van der Waals surface area contributed by atoms with Crippen LogP contribution in [0.25, 0.3) is 0 Å². The van der Waals surface area contributed by atoms with Crippen LogP contribution < -0.4 is 10.5 Å². The van der Waals surface area contributed by atoms with E-state index in [1.165, 1.54) is 7.11 Å². The van der Waals surface area contributed by atoms with Gasteiger partial charge in [-0.3, -0.25) is 0 Å². The van der Waals surface area contributed by atoms with Gasteiger partial charge >= 0.3 is 0 Å². The molecule has 76 valence electrons. The molecule has 0 aliphatic heterocycles. The number of rotatable bonds is 5. The number of aryl methyl sites for hydroxylation is 1. The fraction of sp³-hybridized carbons (Fsp3) is 0.333. The van der Waals surface area contributed by atoms with Crippen LogP contribution in [0.5, 0.6) is 5.75 Å². The second kappa shape index (κ2) is 5.45. The van der Waals surface area contributed by atoms with Crippen molar-refractivity contribution in [2.24, 2.45) is 5.73 Å². The van der Waals surface area contributed by atoms with Gasteiger partial charge in [0.05, 0.1) is 8.48 Å². The van der Waals surface area contributed by atoms with Crippen LogP contribution in [0.4, 0.5) is 0 Å². The van der Waals surface area contributed by atoms with Crippen LogP contribution in [-0.4, -0.2) is 13.6 Å². The lowest BCUT2D eigenvalue weighted by Crippen LogP contribution is -2.03. The van der Waals surface area contributed by atoms with Crippen LogP contribution in [0.3, 0.4) is 0 Å². The summed E-state index contributed by atoms with van der Waals surface area (Å²) >= 11 is 0. The van der Waals surface area contributed by atoms with E-state index in [9.17, 15) is 0 Å². The van der Waals surface area contributed by atoms with Gasteiger partial charge in [0.2, 0.25) is 0 Å². The minimum Gasteiger partial charge on any atom is -0.496 e. The first kappa shape index (κ1) is 4.49. The highest BCUT2D eigenvalue weighted by atomic mass is 16.5. The maximum absolute atomic E-state index is 7.86. The zero-order chi connectivity index (χ0) is 16.6. The molecule has 2 nitrogen and oxygen atoms in total. The maximum Gasteiger partial charge on any atom is 0.122 e. The fourth-order valence-corrected chi connectivity index (χ4v) is 1.01. The summed E-state index contributed by atoms with van der Waals surface area (Å²) in [5.41, 5.74) is 4.91. The van der Waals surface area contributed by atoms with Crippen molar-refractivity contribution < 1.29 is 14.3 Å². The smallest absolute Gasteiger partial charge is 0.122 e. The third-order valence-electron chi connectivity index (χ3n) is 1.60. The highest BCUT2D eigenvalue weighted by Crippen LogP contribution is 2.21. The molecular weight excluding hydrogens is 174 g/mol. The lowest BCUT2D eigenvalue weighted by atomic mass is 10.1. The van der Waals surface area contributed by atoms with Gasteiger partial charge < -0.3 is 10.5 Å². The summed E-state index contributed by atoms with van der Waals surface area (Å²) in [7, 11) is 1.28.